The van der Waals surface area contributed by atoms with Gasteiger partial charge in [-0.1, -0.05) is 0 Å². The largest absolute Gasteiger partial charge is 0.467 e. The summed E-state index contributed by atoms with van der Waals surface area (Å²) in [6, 6.07) is 10.8. The number of hydrogen-bond donors (Lipinski definition) is 2. The molecule has 1 aromatic carbocycles. The van der Waals surface area contributed by atoms with Crippen LogP contribution in [0.25, 0.3) is 5.78 Å². The predicted molar refractivity (Wildman–Crippen MR) is 97.5 cm³/mol. The normalized spacial score (nSPS) is 10.9. The Hall–Kier alpha value is -3.95. The van der Waals surface area contributed by atoms with Gasteiger partial charge in [-0.2, -0.15) is 4.98 Å². The molecule has 4 rings (SSSR count). The van der Waals surface area contributed by atoms with Crippen molar-refractivity contribution in [3.63, 3.8) is 0 Å². The fourth-order valence-electron chi connectivity index (χ4n) is 2.55. The van der Waals surface area contributed by atoms with Gasteiger partial charge >= 0.3 is 5.69 Å². The Morgan fingerprint density at radius 3 is 2.75 bits per heavy atom. The molecule has 3 aromatic heterocycles. The van der Waals surface area contributed by atoms with Crippen molar-refractivity contribution in [2.24, 2.45) is 0 Å². The number of furan rings is 1. The lowest BCUT2D eigenvalue weighted by molar-refractivity contribution is -0.122. The van der Waals surface area contributed by atoms with Crippen molar-refractivity contribution >= 4 is 23.2 Å². The van der Waals surface area contributed by atoms with E-state index in [0.29, 0.717) is 17.3 Å². The Morgan fingerprint density at radius 1 is 1.18 bits per heavy atom. The van der Waals surface area contributed by atoms with E-state index < -0.39 is 5.69 Å². The molecule has 28 heavy (non-hydrogen) atoms. The van der Waals surface area contributed by atoms with Crippen molar-refractivity contribution in [3.05, 3.63) is 77.0 Å². The molecule has 0 aliphatic carbocycles. The van der Waals surface area contributed by atoms with Crippen LogP contribution < -0.4 is 16.3 Å². The molecule has 0 aliphatic heterocycles. The van der Waals surface area contributed by atoms with Gasteiger partial charge in [0.15, 0.2) is 0 Å². The number of carbonyl (C=O) groups is 1. The molecule has 0 aliphatic rings. The highest BCUT2D eigenvalue weighted by Gasteiger charge is 2.12. The lowest BCUT2D eigenvalue weighted by Crippen LogP contribution is -2.32. The van der Waals surface area contributed by atoms with Gasteiger partial charge in [-0.05, 0) is 42.5 Å². The number of fused-ring (bicyclic) bond motifs is 1. The van der Waals surface area contributed by atoms with Crippen molar-refractivity contribution in [2.45, 2.75) is 13.1 Å². The Balaban J connectivity index is 1.48. The molecule has 4 aromatic rings. The molecule has 10 heteroatoms. The van der Waals surface area contributed by atoms with Crippen LogP contribution in [0.2, 0.25) is 0 Å². The Kier molecular flexibility index (Phi) is 4.58. The summed E-state index contributed by atoms with van der Waals surface area (Å²) in [5.41, 5.74) is 0.154. The number of nitrogens with one attached hydrogen (secondary N) is 2. The van der Waals surface area contributed by atoms with E-state index in [1.165, 1.54) is 29.0 Å². The number of nitrogens with zero attached hydrogens (tertiary/aromatic N) is 4. The SMILES string of the molecule is O=C(Cn1nc2nc(Nc3ccc(F)cc3)ccn2c1=O)NCc1ccco1. The van der Waals surface area contributed by atoms with Gasteiger partial charge in [-0.15, -0.1) is 5.10 Å². The van der Waals surface area contributed by atoms with Gasteiger partial charge in [0.25, 0.3) is 5.78 Å². The molecule has 0 saturated heterocycles. The molecule has 0 bridgehead atoms. The maximum absolute atomic E-state index is 13.0. The number of aromatic nitrogens is 4. The van der Waals surface area contributed by atoms with E-state index in [2.05, 4.69) is 20.7 Å². The zero-order valence-corrected chi connectivity index (χ0v) is 14.5. The molecule has 0 unspecified atom stereocenters. The Morgan fingerprint density at radius 2 is 2.00 bits per heavy atom. The van der Waals surface area contributed by atoms with Crippen LogP contribution in [0.3, 0.4) is 0 Å². The number of hydrogen-bond acceptors (Lipinski definition) is 6. The van der Waals surface area contributed by atoms with Gasteiger partial charge in [-0.25, -0.2) is 18.3 Å². The molecule has 2 N–H and O–H groups in total. The third-order valence-electron chi connectivity index (χ3n) is 3.90. The third-order valence-corrected chi connectivity index (χ3v) is 3.90. The number of benzene rings is 1. The highest BCUT2D eigenvalue weighted by atomic mass is 19.1. The topological polar surface area (TPSA) is 106 Å². The summed E-state index contributed by atoms with van der Waals surface area (Å²) in [6.45, 7) is -0.0262. The second-order valence-corrected chi connectivity index (χ2v) is 5.91. The maximum Gasteiger partial charge on any atom is 0.352 e. The maximum atomic E-state index is 13.0. The van der Waals surface area contributed by atoms with Crippen LogP contribution in [0.4, 0.5) is 15.9 Å². The summed E-state index contributed by atoms with van der Waals surface area (Å²) >= 11 is 0. The summed E-state index contributed by atoms with van der Waals surface area (Å²) in [6.07, 6.45) is 3.01. The fourth-order valence-corrected chi connectivity index (χ4v) is 2.55. The van der Waals surface area contributed by atoms with Crippen LogP contribution in [0.5, 0.6) is 0 Å². The summed E-state index contributed by atoms with van der Waals surface area (Å²) in [4.78, 5) is 28.7. The van der Waals surface area contributed by atoms with E-state index >= 15 is 0 Å². The molecule has 142 valence electrons. The molecule has 0 atom stereocenters. The average molecular weight is 382 g/mol. The first-order valence-electron chi connectivity index (χ1n) is 8.36. The van der Waals surface area contributed by atoms with E-state index in [1.807, 2.05) is 0 Å². The minimum Gasteiger partial charge on any atom is -0.467 e. The Labute approximate surface area is 157 Å². The second-order valence-electron chi connectivity index (χ2n) is 5.91. The van der Waals surface area contributed by atoms with E-state index in [-0.39, 0.29) is 30.6 Å². The number of amides is 1. The van der Waals surface area contributed by atoms with Crippen molar-refractivity contribution < 1.29 is 13.6 Å². The van der Waals surface area contributed by atoms with Crippen LogP contribution in [0, 0.1) is 5.82 Å². The van der Waals surface area contributed by atoms with Crippen molar-refractivity contribution in [1.82, 2.24) is 24.5 Å². The fraction of sp³-hybridized carbons (Fsp3) is 0.111. The molecule has 9 nitrogen and oxygen atoms in total. The number of carbonyl (C=O) groups excluding carboxylic acids is 1. The van der Waals surface area contributed by atoms with Gasteiger partial charge in [0.05, 0.1) is 12.8 Å². The highest BCUT2D eigenvalue weighted by molar-refractivity contribution is 5.75. The molecule has 0 fully saturated rings. The number of halogens is 1. The molecule has 0 radical (unpaired) electrons. The monoisotopic (exact) mass is 382 g/mol. The smallest absolute Gasteiger partial charge is 0.352 e. The van der Waals surface area contributed by atoms with Crippen molar-refractivity contribution in [3.8, 4) is 0 Å². The van der Waals surface area contributed by atoms with E-state index in [9.17, 15) is 14.0 Å². The summed E-state index contributed by atoms with van der Waals surface area (Å²) < 4.78 is 20.4. The number of rotatable bonds is 6. The third kappa shape index (κ3) is 3.75. The molecular weight excluding hydrogens is 367 g/mol. The standard InChI is InChI=1S/C18H15FN6O3/c19-12-3-5-13(6-4-12)21-15-7-8-24-17(22-15)23-25(18(24)27)11-16(26)20-10-14-2-1-9-28-14/h1-9H,10-11H2,(H,20,26)(H,21,22,23). The van der Waals surface area contributed by atoms with Gasteiger partial charge < -0.3 is 15.1 Å². The Bertz CT molecular complexity index is 1160. The van der Waals surface area contributed by atoms with Crippen molar-refractivity contribution in [1.29, 1.82) is 0 Å². The molecule has 0 saturated carbocycles. The first-order valence-corrected chi connectivity index (χ1v) is 8.36. The van der Waals surface area contributed by atoms with Gasteiger partial charge in [0, 0.05) is 11.9 Å². The minimum absolute atomic E-state index is 0.135. The lowest BCUT2D eigenvalue weighted by atomic mass is 10.3. The lowest BCUT2D eigenvalue weighted by Gasteiger charge is -2.04. The molecule has 3 heterocycles. The molecular formula is C18H15FN6O3. The summed E-state index contributed by atoms with van der Waals surface area (Å²) in [5, 5.41) is 9.73. The van der Waals surface area contributed by atoms with Crippen LogP contribution in [0.1, 0.15) is 5.76 Å². The van der Waals surface area contributed by atoms with Crippen LogP contribution in [0.15, 0.2) is 64.1 Å². The van der Waals surface area contributed by atoms with Crippen LogP contribution in [-0.2, 0) is 17.9 Å². The predicted octanol–water partition coefficient (Wildman–Crippen LogP) is 1.68. The minimum atomic E-state index is -0.482. The first kappa shape index (κ1) is 17.5. The van der Waals surface area contributed by atoms with E-state index in [4.69, 9.17) is 4.42 Å². The van der Waals surface area contributed by atoms with Gasteiger partial charge in [-0.3, -0.25) is 4.79 Å². The quantitative estimate of drug-likeness (QED) is 0.526. The highest BCUT2D eigenvalue weighted by Crippen LogP contribution is 2.14. The molecule has 0 spiro atoms. The molecule has 1 amide bonds. The summed E-state index contributed by atoms with van der Waals surface area (Å²) in [7, 11) is 0. The van der Waals surface area contributed by atoms with Gasteiger partial charge in [0.1, 0.15) is 23.9 Å². The van der Waals surface area contributed by atoms with Crippen LogP contribution in [-0.4, -0.2) is 25.1 Å². The first-order chi connectivity index (χ1) is 13.6. The number of anilines is 2. The zero-order valence-electron chi connectivity index (χ0n) is 14.5. The van der Waals surface area contributed by atoms with E-state index in [1.54, 1.807) is 30.3 Å². The van der Waals surface area contributed by atoms with Gasteiger partial charge in [0.2, 0.25) is 5.91 Å². The van der Waals surface area contributed by atoms with Crippen LogP contribution >= 0.6 is 0 Å². The second kappa shape index (κ2) is 7.35. The zero-order chi connectivity index (χ0) is 19.5. The van der Waals surface area contributed by atoms with Crippen molar-refractivity contribution in [2.75, 3.05) is 5.32 Å². The summed E-state index contributed by atoms with van der Waals surface area (Å²) in [5.74, 6) is 0.444. The average Bonchev–Trinajstić information content (AvgIpc) is 3.31. The van der Waals surface area contributed by atoms with E-state index in [0.717, 1.165) is 4.68 Å².